The van der Waals surface area contributed by atoms with Gasteiger partial charge in [-0.3, -0.25) is 9.88 Å². The number of benzene rings is 2. The molecule has 0 spiro atoms. The first-order chi connectivity index (χ1) is 11.8. The van der Waals surface area contributed by atoms with E-state index in [4.69, 9.17) is 0 Å². The van der Waals surface area contributed by atoms with E-state index in [0.29, 0.717) is 0 Å². The Morgan fingerprint density at radius 3 is 2.50 bits per heavy atom. The van der Waals surface area contributed by atoms with Crippen LogP contribution in [0.3, 0.4) is 0 Å². The lowest BCUT2D eigenvalue weighted by molar-refractivity contribution is 0.250. The van der Waals surface area contributed by atoms with Gasteiger partial charge in [0.2, 0.25) is 0 Å². The van der Waals surface area contributed by atoms with E-state index < -0.39 is 0 Å². The minimum absolute atomic E-state index is 1.03. The number of nitrogens with zero attached hydrogens (tertiary/aromatic N) is 3. The molecule has 1 saturated heterocycles. The summed E-state index contributed by atoms with van der Waals surface area (Å²) >= 11 is 3.64. The van der Waals surface area contributed by atoms with E-state index in [2.05, 4.69) is 79.2 Å². The average molecular weight is 382 g/mol. The van der Waals surface area contributed by atoms with Crippen LogP contribution in [-0.2, 0) is 6.54 Å². The van der Waals surface area contributed by atoms with E-state index >= 15 is 0 Å². The van der Waals surface area contributed by atoms with Crippen molar-refractivity contribution in [1.29, 1.82) is 0 Å². The summed E-state index contributed by atoms with van der Waals surface area (Å²) in [4.78, 5) is 9.60. The first kappa shape index (κ1) is 15.6. The van der Waals surface area contributed by atoms with E-state index in [-0.39, 0.29) is 0 Å². The highest BCUT2D eigenvalue weighted by Gasteiger charge is 2.19. The van der Waals surface area contributed by atoms with E-state index in [1.165, 1.54) is 16.6 Å². The molecule has 0 bridgehead atoms. The third-order valence-electron chi connectivity index (χ3n) is 4.61. The highest BCUT2D eigenvalue weighted by Crippen LogP contribution is 2.30. The zero-order valence-electron chi connectivity index (χ0n) is 13.5. The predicted molar refractivity (Wildman–Crippen MR) is 103 cm³/mol. The standard InChI is InChI=1S/C20H20BrN3/c21-18-13-17-7-4-8-22-20(17)19(14-18)24-11-9-23(10-12-24)15-16-5-2-1-3-6-16/h1-8,13-14H,9-12,15H2. The van der Waals surface area contributed by atoms with Crippen LogP contribution in [0.1, 0.15) is 5.56 Å². The molecule has 1 aliphatic heterocycles. The fourth-order valence-corrected chi connectivity index (χ4v) is 3.83. The van der Waals surface area contributed by atoms with Crippen LogP contribution >= 0.6 is 15.9 Å². The van der Waals surface area contributed by atoms with Crippen molar-refractivity contribution in [3.05, 3.63) is 70.8 Å². The Morgan fingerprint density at radius 2 is 1.71 bits per heavy atom. The van der Waals surface area contributed by atoms with Gasteiger partial charge in [0.05, 0.1) is 11.2 Å². The number of piperazine rings is 1. The molecular formula is C20H20BrN3. The van der Waals surface area contributed by atoms with Gasteiger partial charge in [-0.05, 0) is 23.8 Å². The minimum Gasteiger partial charge on any atom is -0.367 e. The van der Waals surface area contributed by atoms with Gasteiger partial charge in [0.25, 0.3) is 0 Å². The molecule has 4 heteroatoms. The molecule has 2 aromatic carbocycles. The van der Waals surface area contributed by atoms with Gasteiger partial charge in [0, 0.05) is 48.8 Å². The molecule has 2 heterocycles. The number of hydrogen-bond donors (Lipinski definition) is 0. The van der Waals surface area contributed by atoms with E-state index in [0.717, 1.165) is 42.7 Å². The summed E-state index contributed by atoms with van der Waals surface area (Å²) in [7, 11) is 0. The minimum atomic E-state index is 1.03. The van der Waals surface area contributed by atoms with E-state index in [1.807, 2.05) is 12.3 Å². The highest BCUT2D eigenvalue weighted by molar-refractivity contribution is 9.10. The van der Waals surface area contributed by atoms with Crippen LogP contribution in [0.15, 0.2) is 65.3 Å². The number of halogens is 1. The first-order valence-corrected chi connectivity index (χ1v) is 9.14. The summed E-state index contributed by atoms with van der Waals surface area (Å²) < 4.78 is 1.12. The summed E-state index contributed by atoms with van der Waals surface area (Å²) in [5.74, 6) is 0. The van der Waals surface area contributed by atoms with Gasteiger partial charge in [-0.2, -0.15) is 0 Å². The van der Waals surface area contributed by atoms with Crippen molar-refractivity contribution in [2.75, 3.05) is 31.1 Å². The second-order valence-electron chi connectivity index (χ2n) is 6.25. The van der Waals surface area contributed by atoms with Crippen molar-refractivity contribution < 1.29 is 0 Å². The van der Waals surface area contributed by atoms with Gasteiger partial charge in [-0.1, -0.05) is 52.3 Å². The second-order valence-corrected chi connectivity index (χ2v) is 7.16. The molecule has 1 fully saturated rings. The van der Waals surface area contributed by atoms with Crippen molar-refractivity contribution >= 4 is 32.5 Å². The average Bonchev–Trinajstić information content (AvgIpc) is 2.62. The molecule has 0 saturated carbocycles. The van der Waals surface area contributed by atoms with Crippen LogP contribution in [0.25, 0.3) is 10.9 Å². The molecule has 0 unspecified atom stereocenters. The molecule has 1 aliphatic rings. The summed E-state index contributed by atoms with van der Waals surface area (Å²) in [5, 5.41) is 1.19. The molecule has 3 aromatic rings. The second kappa shape index (κ2) is 6.91. The molecular weight excluding hydrogens is 362 g/mol. The normalized spacial score (nSPS) is 15.8. The Balaban J connectivity index is 1.50. The Bertz CT molecular complexity index is 827. The number of hydrogen-bond acceptors (Lipinski definition) is 3. The van der Waals surface area contributed by atoms with Crippen LogP contribution < -0.4 is 4.90 Å². The molecule has 0 aliphatic carbocycles. The summed E-state index contributed by atoms with van der Waals surface area (Å²) in [6.07, 6.45) is 1.88. The van der Waals surface area contributed by atoms with Gasteiger partial charge in [0.1, 0.15) is 0 Å². The molecule has 0 radical (unpaired) electrons. The van der Waals surface area contributed by atoms with Gasteiger partial charge >= 0.3 is 0 Å². The van der Waals surface area contributed by atoms with Crippen LogP contribution in [0.4, 0.5) is 5.69 Å². The lowest BCUT2D eigenvalue weighted by Crippen LogP contribution is -2.46. The predicted octanol–water partition coefficient (Wildman–Crippen LogP) is 4.32. The summed E-state index contributed by atoms with van der Waals surface area (Å²) in [6.45, 7) is 5.27. The fraction of sp³-hybridized carbons (Fsp3) is 0.250. The maximum Gasteiger partial charge on any atom is 0.0936 e. The lowest BCUT2D eigenvalue weighted by atomic mass is 10.1. The zero-order chi connectivity index (χ0) is 16.4. The van der Waals surface area contributed by atoms with Gasteiger partial charge in [-0.25, -0.2) is 0 Å². The third-order valence-corrected chi connectivity index (χ3v) is 5.07. The third kappa shape index (κ3) is 3.30. The number of aromatic nitrogens is 1. The highest BCUT2D eigenvalue weighted by atomic mass is 79.9. The Morgan fingerprint density at radius 1 is 0.917 bits per heavy atom. The smallest absolute Gasteiger partial charge is 0.0936 e. The fourth-order valence-electron chi connectivity index (χ4n) is 3.37. The van der Waals surface area contributed by atoms with Crippen LogP contribution in [0.5, 0.6) is 0 Å². The van der Waals surface area contributed by atoms with Crippen molar-refractivity contribution in [2.45, 2.75) is 6.54 Å². The van der Waals surface area contributed by atoms with Crippen LogP contribution in [0.2, 0.25) is 0 Å². The number of rotatable bonds is 3. The largest absolute Gasteiger partial charge is 0.367 e. The maximum absolute atomic E-state index is 4.61. The van der Waals surface area contributed by atoms with Gasteiger partial charge in [0.15, 0.2) is 0 Å². The molecule has 0 N–H and O–H groups in total. The number of pyridine rings is 1. The number of fused-ring (bicyclic) bond motifs is 1. The van der Waals surface area contributed by atoms with Crippen LogP contribution in [0, 0.1) is 0 Å². The van der Waals surface area contributed by atoms with E-state index in [1.54, 1.807) is 0 Å². The maximum atomic E-state index is 4.61. The van der Waals surface area contributed by atoms with Gasteiger partial charge in [-0.15, -0.1) is 0 Å². The van der Waals surface area contributed by atoms with E-state index in [9.17, 15) is 0 Å². The quantitative estimate of drug-likeness (QED) is 0.673. The monoisotopic (exact) mass is 381 g/mol. The molecule has 3 nitrogen and oxygen atoms in total. The zero-order valence-corrected chi connectivity index (χ0v) is 15.1. The summed E-state index contributed by atoms with van der Waals surface area (Å²) in [5.41, 5.74) is 3.72. The molecule has 1 aromatic heterocycles. The van der Waals surface area contributed by atoms with Crippen molar-refractivity contribution in [1.82, 2.24) is 9.88 Å². The molecule has 4 rings (SSSR count). The van der Waals surface area contributed by atoms with Crippen LogP contribution in [-0.4, -0.2) is 36.1 Å². The lowest BCUT2D eigenvalue weighted by Gasteiger charge is -2.36. The molecule has 0 atom stereocenters. The SMILES string of the molecule is Brc1cc(N2CCN(Cc3ccccc3)CC2)c2ncccc2c1. The summed E-state index contributed by atoms with van der Waals surface area (Å²) in [6, 6.07) is 19.2. The topological polar surface area (TPSA) is 19.4 Å². The van der Waals surface area contributed by atoms with Crippen molar-refractivity contribution in [2.24, 2.45) is 0 Å². The Hall–Kier alpha value is -1.91. The molecule has 122 valence electrons. The molecule has 24 heavy (non-hydrogen) atoms. The van der Waals surface area contributed by atoms with Gasteiger partial charge < -0.3 is 4.90 Å². The van der Waals surface area contributed by atoms with Crippen molar-refractivity contribution in [3.63, 3.8) is 0 Å². The first-order valence-electron chi connectivity index (χ1n) is 8.35. The van der Waals surface area contributed by atoms with Crippen molar-refractivity contribution in [3.8, 4) is 0 Å². The Kier molecular flexibility index (Phi) is 4.50. The number of anilines is 1. The molecule has 0 amide bonds. The Labute approximate surface area is 151 Å².